The van der Waals surface area contributed by atoms with Crippen molar-refractivity contribution in [1.29, 1.82) is 0 Å². The Morgan fingerprint density at radius 1 is 1.11 bits per heavy atom. The molecule has 0 aromatic heterocycles. The minimum Gasteiger partial charge on any atom is -0.318 e. The van der Waals surface area contributed by atoms with Gasteiger partial charge < -0.3 is 4.89 Å². The maximum atomic E-state index is 12.2. The van der Waals surface area contributed by atoms with Gasteiger partial charge in [0.05, 0.1) is 5.57 Å². The maximum Gasteiger partial charge on any atom is 0.268 e. The lowest BCUT2D eigenvalue weighted by atomic mass is 10.1. The van der Waals surface area contributed by atoms with E-state index in [0.29, 0.717) is 11.1 Å². The molecule has 0 fully saturated rings. The molecule has 18 heavy (non-hydrogen) atoms. The van der Waals surface area contributed by atoms with Gasteiger partial charge in [0.1, 0.15) is 6.61 Å². The molecule has 0 radical (unpaired) electrons. The number of hydrogen-bond donors (Lipinski definition) is 0. The summed E-state index contributed by atoms with van der Waals surface area (Å²) in [5.41, 5.74) is 1.06. The molecule has 0 atom stereocenters. The molecular weight excluding hydrogens is 234 g/mol. The number of carbonyl (C=O) groups is 2. The van der Waals surface area contributed by atoms with Crippen molar-refractivity contribution in [1.82, 2.24) is 4.90 Å². The molecule has 1 aromatic rings. The van der Waals surface area contributed by atoms with Gasteiger partial charge in [-0.05, 0) is 5.56 Å². The minimum atomic E-state index is -0.421. The number of hydrogen-bond acceptors (Lipinski definition) is 4. The van der Waals surface area contributed by atoms with Crippen LogP contribution in [0.1, 0.15) is 5.56 Å². The fourth-order valence-electron chi connectivity index (χ4n) is 1.87. The van der Waals surface area contributed by atoms with Crippen LogP contribution in [0.5, 0.6) is 0 Å². The Balaban J connectivity index is 1.94. The van der Waals surface area contributed by atoms with Crippen LogP contribution in [0, 0.1) is 0 Å². The van der Waals surface area contributed by atoms with E-state index < -0.39 is 11.8 Å². The summed E-state index contributed by atoms with van der Waals surface area (Å²) in [6.45, 7) is 0.229. The van der Waals surface area contributed by atoms with Crippen molar-refractivity contribution in [3.63, 3.8) is 0 Å². The molecule has 5 nitrogen and oxygen atoms in total. The Kier molecular flexibility index (Phi) is 2.46. The van der Waals surface area contributed by atoms with Gasteiger partial charge in [0, 0.05) is 12.2 Å². The molecule has 0 saturated carbocycles. The molecule has 2 amide bonds. The first-order chi connectivity index (χ1) is 8.77. The van der Waals surface area contributed by atoms with E-state index in [1.165, 1.54) is 12.2 Å². The van der Waals surface area contributed by atoms with Crippen LogP contribution in [-0.2, 0) is 19.4 Å². The van der Waals surface area contributed by atoms with Crippen molar-refractivity contribution >= 4 is 17.4 Å². The highest BCUT2D eigenvalue weighted by Gasteiger charge is 2.36. The van der Waals surface area contributed by atoms with Gasteiger partial charge in [-0.2, -0.15) is 4.89 Å². The third-order valence-corrected chi connectivity index (χ3v) is 2.70. The smallest absolute Gasteiger partial charge is 0.268 e. The predicted molar refractivity (Wildman–Crippen MR) is 61.4 cm³/mol. The Hall–Kier alpha value is -2.40. The van der Waals surface area contributed by atoms with Gasteiger partial charge in [-0.3, -0.25) is 9.59 Å². The van der Waals surface area contributed by atoms with Crippen molar-refractivity contribution in [2.75, 3.05) is 6.61 Å². The minimum absolute atomic E-state index is 0.132. The highest BCUT2D eigenvalue weighted by Crippen LogP contribution is 2.27. The summed E-state index contributed by atoms with van der Waals surface area (Å²) in [6, 6.07) is 9.03. The van der Waals surface area contributed by atoms with Crippen LogP contribution < -0.4 is 0 Å². The van der Waals surface area contributed by atoms with Gasteiger partial charge in [-0.15, -0.1) is 0 Å². The van der Waals surface area contributed by atoms with Gasteiger partial charge in [0.2, 0.25) is 5.88 Å². The molecule has 3 rings (SSSR count). The molecule has 0 N–H and O–H groups in total. The molecule has 0 bridgehead atoms. The first kappa shape index (κ1) is 10.7. The first-order valence-corrected chi connectivity index (χ1v) is 5.42. The summed E-state index contributed by atoms with van der Waals surface area (Å²) < 4.78 is 0. The van der Waals surface area contributed by atoms with Crippen molar-refractivity contribution in [3.8, 4) is 0 Å². The van der Waals surface area contributed by atoms with Gasteiger partial charge in [-0.25, -0.2) is 4.90 Å². The predicted octanol–water partition coefficient (Wildman–Crippen LogP) is 1.24. The second-order valence-corrected chi connectivity index (χ2v) is 3.81. The second kappa shape index (κ2) is 4.12. The number of amides is 2. The highest BCUT2D eigenvalue weighted by molar-refractivity contribution is 6.34. The molecule has 0 spiro atoms. The van der Waals surface area contributed by atoms with Crippen LogP contribution in [0.4, 0.5) is 0 Å². The quantitative estimate of drug-likeness (QED) is 0.579. The highest BCUT2D eigenvalue weighted by atomic mass is 17.2. The lowest BCUT2D eigenvalue weighted by molar-refractivity contribution is -0.246. The largest absolute Gasteiger partial charge is 0.318 e. The van der Waals surface area contributed by atoms with E-state index in [-0.39, 0.29) is 12.5 Å². The zero-order chi connectivity index (χ0) is 12.5. The second-order valence-electron chi connectivity index (χ2n) is 3.81. The Bertz CT molecular complexity index is 574. The summed E-state index contributed by atoms with van der Waals surface area (Å²) in [4.78, 5) is 34.4. The number of imide groups is 1. The summed E-state index contributed by atoms with van der Waals surface area (Å²) in [6.07, 6.45) is 2.84. The fraction of sp³-hybridized carbons (Fsp3) is 0.0769. The average molecular weight is 243 g/mol. The van der Waals surface area contributed by atoms with Crippen LogP contribution in [0.3, 0.4) is 0 Å². The topological polar surface area (TPSA) is 55.8 Å². The number of carbonyl (C=O) groups excluding carboxylic acids is 2. The van der Waals surface area contributed by atoms with Crippen molar-refractivity contribution in [2.45, 2.75) is 0 Å². The number of rotatable bonds is 2. The molecule has 0 aliphatic carbocycles. The monoisotopic (exact) mass is 243 g/mol. The van der Waals surface area contributed by atoms with Gasteiger partial charge >= 0.3 is 0 Å². The molecule has 1 aromatic carbocycles. The zero-order valence-electron chi connectivity index (χ0n) is 9.33. The normalized spacial score (nSPS) is 18.8. The standard InChI is InChI=1S/C13H9NO4/c15-11-8-10(9-4-2-1-3-5-9)13(16)14(11)12-6-7-17-18-12/h1-6,8H,7H2. The van der Waals surface area contributed by atoms with Crippen LogP contribution in [0.15, 0.2) is 48.4 Å². The third-order valence-electron chi connectivity index (χ3n) is 2.70. The van der Waals surface area contributed by atoms with Gasteiger partial charge in [0.15, 0.2) is 0 Å². The number of benzene rings is 1. The molecule has 2 aliphatic rings. The molecule has 5 heteroatoms. The maximum absolute atomic E-state index is 12.2. The van der Waals surface area contributed by atoms with E-state index in [0.717, 1.165) is 4.90 Å². The van der Waals surface area contributed by atoms with Crippen LogP contribution in [0.2, 0.25) is 0 Å². The fourth-order valence-corrected chi connectivity index (χ4v) is 1.87. The Morgan fingerprint density at radius 2 is 1.89 bits per heavy atom. The molecule has 0 unspecified atom stereocenters. The summed E-state index contributed by atoms with van der Waals surface area (Å²) >= 11 is 0. The Labute approximate surface area is 103 Å². The lowest BCUT2D eigenvalue weighted by Crippen LogP contribution is -2.30. The molecule has 90 valence electrons. The molecular formula is C13H9NO4. The Morgan fingerprint density at radius 3 is 2.56 bits per heavy atom. The van der Waals surface area contributed by atoms with Crippen molar-refractivity contribution in [2.24, 2.45) is 0 Å². The first-order valence-electron chi connectivity index (χ1n) is 5.42. The van der Waals surface area contributed by atoms with Crippen LogP contribution in [0.25, 0.3) is 5.57 Å². The molecule has 2 aliphatic heterocycles. The lowest BCUT2D eigenvalue weighted by Gasteiger charge is -2.13. The zero-order valence-corrected chi connectivity index (χ0v) is 9.33. The van der Waals surface area contributed by atoms with E-state index in [1.807, 2.05) is 18.2 Å². The third kappa shape index (κ3) is 1.61. The SMILES string of the molecule is O=C1C=C(c2ccccc2)C(=O)N1C1=CCOO1. The summed E-state index contributed by atoms with van der Waals surface area (Å²) in [7, 11) is 0. The van der Waals surface area contributed by atoms with Gasteiger partial charge in [-0.1, -0.05) is 30.3 Å². The van der Waals surface area contributed by atoms with Crippen LogP contribution >= 0.6 is 0 Å². The molecule has 0 saturated heterocycles. The van der Waals surface area contributed by atoms with Crippen LogP contribution in [-0.4, -0.2) is 23.3 Å². The van der Waals surface area contributed by atoms with E-state index in [1.54, 1.807) is 12.1 Å². The van der Waals surface area contributed by atoms with E-state index >= 15 is 0 Å². The van der Waals surface area contributed by atoms with E-state index in [4.69, 9.17) is 4.89 Å². The number of nitrogens with zero attached hydrogens (tertiary/aromatic N) is 1. The summed E-state index contributed by atoms with van der Waals surface area (Å²) in [5.74, 6) is -0.689. The van der Waals surface area contributed by atoms with E-state index in [9.17, 15) is 9.59 Å². The average Bonchev–Trinajstić information content (AvgIpc) is 2.99. The van der Waals surface area contributed by atoms with Crippen molar-refractivity contribution < 1.29 is 19.4 Å². The van der Waals surface area contributed by atoms with E-state index in [2.05, 4.69) is 4.89 Å². The van der Waals surface area contributed by atoms with Gasteiger partial charge in [0.25, 0.3) is 11.8 Å². The van der Waals surface area contributed by atoms with Crippen molar-refractivity contribution in [3.05, 3.63) is 53.9 Å². The summed E-state index contributed by atoms with van der Waals surface area (Å²) in [5, 5.41) is 0. The molecule has 2 heterocycles.